The summed E-state index contributed by atoms with van der Waals surface area (Å²) in [6.45, 7) is 7.11. The van der Waals surface area contributed by atoms with Gasteiger partial charge in [-0.2, -0.15) is 0 Å². The van der Waals surface area contributed by atoms with Crippen LogP contribution in [-0.2, 0) is 9.53 Å². The van der Waals surface area contributed by atoms with E-state index in [0.717, 1.165) is 25.7 Å². The van der Waals surface area contributed by atoms with Gasteiger partial charge in [-0.15, -0.1) is 0 Å². The van der Waals surface area contributed by atoms with E-state index in [-0.39, 0.29) is 49.4 Å². The van der Waals surface area contributed by atoms with Gasteiger partial charge in [-0.1, -0.05) is 19.3 Å². The van der Waals surface area contributed by atoms with Crippen LogP contribution in [0.25, 0.3) is 0 Å². The topological polar surface area (TPSA) is 99.2 Å². The van der Waals surface area contributed by atoms with Crippen LogP contribution in [0.15, 0.2) is 0 Å². The first kappa shape index (κ1) is 24.6. The van der Waals surface area contributed by atoms with Gasteiger partial charge in [-0.05, 0) is 39.5 Å². The van der Waals surface area contributed by atoms with Gasteiger partial charge in [0.1, 0.15) is 5.60 Å². The normalized spacial score (nSPS) is 19.4. The summed E-state index contributed by atoms with van der Waals surface area (Å²) in [4.78, 5) is 39.2. The maximum absolute atomic E-state index is 12.6. The number of aliphatic carboxylic acids is 1. The number of carboxylic acid groups (broad SMARTS) is 1. The molecule has 2 N–H and O–H groups in total. The fourth-order valence-electron chi connectivity index (χ4n) is 3.73. The monoisotopic (exact) mass is 391 g/mol. The Hall–Kier alpha value is -1.39. The summed E-state index contributed by atoms with van der Waals surface area (Å²) in [5.41, 5.74) is -0.546. The summed E-state index contributed by atoms with van der Waals surface area (Å²) < 4.78 is 5.36. The average Bonchev–Trinajstić information content (AvgIpc) is 2.60. The number of hydrogen-bond donors (Lipinski definition) is 2. The molecule has 2 aliphatic rings. The Morgan fingerprint density at radius 2 is 1.57 bits per heavy atom. The van der Waals surface area contributed by atoms with Crippen molar-refractivity contribution in [2.45, 2.75) is 70.9 Å². The van der Waals surface area contributed by atoms with Crippen LogP contribution in [0, 0.1) is 5.92 Å². The van der Waals surface area contributed by atoms with Crippen LogP contribution < -0.4 is 5.32 Å². The Balaban J connectivity index is 0.00000392. The van der Waals surface area contributed by atoms with E-state index in [9.17, 15) is 19.5 Å². The molecular formula is C19H34LiN3O5. The van der Waals surface area contributed by atoms with E-state index < -0.39 is 11.6 Å². The van der Waals surface area contributed by atoms with Crippen LogP contribution in [0.5, 0.6) is 0 Å². The second-order valence-corrected chi connectivity index (χ2v) is 8.51. The van der Waals surface area contributed by atoms with Gasteiger partial charge in [0.25, 0.3) is 0 Å². The van der Waals surface area contributed by atoms with Crippen molar-refractivity contribution < 1.29 is 24.2 Å². The molecule has 3 amide bonds. The molecule has 0 bridgehead atoms. The van der Waals surface area contributed by atoms with Crippen LogP contribution >= 0.6 is 0 Å². The van der Waals surface area contributed by atoms with E-state index >= 15 is 0 Å². The number of amides is 3. The second kappa shape index (κ2) is 11.0. The zero-order valence-electron chi connectivity index (χ0n) is 16.7. The maximum atomic E-state index is 12.6. The van der Waals surface area contributed by atoms with E-state index in [1.807, 2.05) is 20.8 Å². The van der Waals surface area contributed by atoms with Crippen molar-refractivity contribution in [1.82, 2.24) is 15.1 Å². The summed E-state index contributed by atoms with van der Waals surface area (Å²) >= 11 is 0. The number of hydrogen-bond acceptors (Lipinski definition) is 4. The molecule has 1 saturated carbocycles. The van der Waals surface area contributed by atoms with Crippen molar-refractivity contribution in [3.63, 3.8) is 0 Å². The van der Waals surface area contributed by atoms with Gasteiger partial charge >= 0.3 is 37.0 Å². The third-order valence-corrected chi connectivity index (χ3v) is 5.14. The molecule has 1 saturated heterocycles. The Labute approximate surface area is 179 Å². The van der Waals surface area contributed by atoms with E-state index in [2.05, 4.69) is 5.32 Å². The zero-order chi connectivity index (χ0) is 20.0. The molecule has 9 heteroatoms. The first-order chi connectivity index (χ1) is 12.7. The van der Waals surface area contributed by atoms with Crippen molar-refractivity contribution >= 4 is 37.0 Å². The summed E-state index contributed by atoms with van der Waals surface area (Å²) in [6, 6.07) is -0.574. The molecule has 1 aliphatic heterocycles. The molecular weight excluding hydrogens is 357 g/mol. The van der Waals surface area contributed by atoms with Crippen molar-refractivity contribution in [3.8, 4) is 0 Å². The number of carbonyl (C=O) groups is 3. The summed E-state index contributed by atoms with van der Waals surface area (Å²) in [5, 5.41) is 12.1. The van der Waals surface area contributed by atoms with Gasteiger partial charge in [0.05, 0.1) is 6.42 Å². The molecule has 2 rings (SSSR count). The summed E-state index contributed by atoms with van der Waals surface area (Å²) in [7, 11) is 0. The van der Waals surface area contributed by atoms with Crippen molar-refractivity contribution in [1.29, 1.82) is 0 Å². The molecule has 28 heavy (non-hydrogen) atoms. The van der Waals surface area contributed by atoms with Crippen LogP contribution in [0.1, 0.15) is 59.3 Å². The number of carboxylic acids is 1. The van der Waals surface area contributed by atoms with E-state index in [1.54, 1.807) is 9.80 Å². The van der Waals surface area contributed by atoms with Crippen LogP contribution in [-0.4, -0.2) is 89.7 Å². The predicted octanol–water partition coefficient (Wildman–Crippen LogP) is 2.02. The molecule has 0 aromatic heterocycles. The Kier molecular flexibility index (Phi) is 9.65. The fraction of sp³-hybridized carbons (Fsp3) is 0.842. The van der Waals surface area contributed by atoms with E-state index in [0.29, 0.717) is 26.2 Å². The minimum absolute atomic E-state index is 0. The number of carbonyl (C=O) groups excluding carboxylic acids is 2. The molecule has 2 fully saturated rings. The van der Waals surface area contributed by atoms with Gasteiger partial charge in [-0.3, -0.25) is 4.79 Å². The van der Waals surface area contributed by atoms with E-state index in [1.165, 1.54) is 6.42 Å². The molecule has 156 valence electrons. The molecule has 0 aromatic carbocycles. The van der Waals surface area contributed by atoms with E-state index in [4.69, 9.17) is 4.74 Å². The van der Waals surface area contributed by atoms with Crippen molar-refractivity contribution in [2.24, 2.45) is 5.92 Å². The second-order valence-electron chi connectivity index (χ2n) is 8.51. The third-order valence-electron chi connectivity index (χ3n) is 5.14. The molecule has 1 aliphatic carbocycles. The number of nitrogens with one attached hydrogen (secondary N) is 1. The van der Waals surface area contributed by atoms with Crippen molar-refractivity contribution in [2.75, 3.05) is 26.2 Å². The van der Waals surface area contributed by atoms with Crippen LogP contribution in [0.2, 0.25) is 0 Å². The number of ether oxygens (including phenoxy) is 1. The molecule has 0 radical (unpaired) electrons. The van der Waals surface area contributed by atoms with Gasteiger partial charge in [-0.25, -0.2) is 9.59 Å². The minimum atomic E-state index is -0.888. The number of nitrogens with zero attached hydrogens (tertiary/aromatic N) is 2. The Bertz CT molecular complexity index is 538. The van der Waals surface area contributed by atoms with Gasteiger partial charge in [0, 0.05) is 32.2 Å². The molecule has 1 atom stereocenters. The number of piperazine rings is 1. The average molecular weight is 391 g/mol. The van der Waals surface area contributed by atoms with Gasteiger partial charge in [0.2, 0.25) is 0 Å². The zero-order valence-corrected chi connectivity index (χ0v) is 16.7. The predicted molar refractivity (Wildman–Crippen MR) is 108 cm³/mol. The first-order valence-corrected chi connectivity index (χ1v) is 9.91. The Morgan fingerprint density at radius 1 is 1.04 bits per heavy atom. The fourth-order valence-corrected chi connectivity index (χ4v) is 3.73. The number of urea groups is 1. The quantitative estimate of drug-likeness (QED) is 0.715. The van der Waals surface area contributed by atoms with Crippen molar-refractivity contribution in [3.05, 3.63) is 0 Å². The first-order valence-electron chi connectivity index (χ1n) is 9.91. The standard InChI is InChI=1S/C19H33N3O5.Li.H/c1-19(2,3)27-18(26)22-11-9-21(10-12-22)17(25)20-15(13-16(23)24)14-7-5-4-6-8-14;;/h14-15H,4-13H2,1-3H3,(H,20,25)(H,23,24);;. The number of rotatable bonds is 4. The SMILES string of the molecule is CC(C)(C)OC(=O)N1CCN(C(=O)NC(CC(=O)O)C2CCCCC2)CC1.[LiH]. The Morgan fingerprint density at radius 3 is 2.07 bits per heavy atom. The summed E-state index contributed by atoms with van der Waals surface area (Å²) in [6.07, 6.45) is 4.87. The van der Waals surface area contributed by atoms with Crippen LogP contribution in [0.3, 0.4) is 0 Å². The van der Waals surface area contributed by atoms with Gasteiger partial charge in [0.15, 0.2) is 0 Å². The third kappa shape index (κ3) is 7.92. The molecule has 1 heterocycles. The van der Waals surface area contributed by atoms with Gasteiger partial charge < -0.3 is 25.0 Å². The molecule has 0 spiro atoms. The van der Waals surface area contributed by atoms with Crippen LogP contribution in [0.4, 0.5) is 9.59 Å². The molecule has 8 nitrogen and oxygen atoms in total. The molecule has 1 unspecified atom stereocenters. The molecule has 0 aromatic rings. The summed E-state index contributed by atoms with van der Waals surface area (Å²) in [5.74, 6) is -0.664.